The number of benzene rings is 1. The fourth-order valence-electron chi connectivity index (χ4n) is 1.65. The molecule has 0 amide bonds. The summed E-state index contributed by atoms with van der Waals surface area (Å²) in [7, 11) is 0. The Morgan fingerprint density at radius 2 is 1.84 bits per heavy atom. The lowest BCUT2D eigenvalue weighted by atomic mass is 10.1. The SMILES string of the molecule is CC(C)Oc1cncc(C(=O)c2ccc(Cl)cc2)c1. The van der Waals surface area contributed by atoms with E-state index in [4.69, 9.17) is 16.3 Å². The number of ether oxygens (including phenoxy) is 1. The molecule has 0 atom stereocenters. The van der Waals surface area contributed by atoms with Gasteiger partial charge in [-0.3, -0.25) is 9.78 Å². The second-order valence-electron chi connectivity index (χ2n) is 4.41. The van der Waals surface area contributed by atoms with Gasteiger partial charge in [-0.25, -0.2) is 0 Å². The first-order valence-electron chi connectivity index (χ1n) is 5.98. The van der Waals surface area contributed by atoms with Crippen molar-refractivity contribution in [3.05, 3.63) is 58.9 Å². The van der Waals surface area contributed by atoms with E-state index in [9.17, 15) is 4.79 Å². The Kier molecular flexibility index (Phi) is 4.17. The summed E-state index contributed by atoms with van der Waals surface area (Å²) in [6, 6.07) is 8.47. The molecule has 1 heterocycles. The summed E-state index contributed by atoms with van der Waals surface area (Å²) in [5, 5.41) is 0.603. The van der Waals surface area contributed by atoms with Gasteiger partial charge in [0.2, 0.25) is 0 Å². The summed E-state index contributed by atoms with van der Waals surface area (Å²) >= 11 is 5.80. The van der Waals surface area contributed by atoms with Gasteiger partial charge in [-0.05, 0) is 44.2 Å². The number of carbonyl (C=O) groups is 1. The van der Waals surface area contributed by atoms with E-state index in [1.165, 1.54) is 6.20 Å². The largest absolute Gasteiger partial charge is 0.489 e. The normalized spacial score (nSPS) is 10.5. The monoisotopic (exact) mass is 275 g/mol. The van der Waals surface area contributed by atoms with Crippen molar-refractivity contribution < 1.29 is 9.53 Å². The van der Waals surface area contributed by atoms with Crippen molar-refractivity contribution in [2.45, 2.75) is 20.0 Å². The lowest BCUT2D eigenvalue weighted by Crippen LogP contribution is -2.07. The zero-order valence-corrected chi connectivity index (χ0v) is 11.5. The summed E-state index contributed by atoms with van der Waals surface area (Å²) in [6.45, 7) is 3.85. The fraction of sp³-hybridized carbons (Fsp3) is 0.200. The van der Waals surface area contributed by atoms with Crippen molar-refractivity contribution >= 4 is 17.4 Å². The first-order chi connectivity index (χ1) is 9.06. The first-order valence-corrected chi connectivity index (χ1v) is 6.36. The van der Waals surface area contributed by atoms with E-state index in [1.807, 2.05) is 13.8 Å². The van der Waals surface area contributed by atoms with Crippen LogP contribution in [0.25, 0.3) is 0 Å². The number of ketones is 1. The molecule has 0 N–H and O–H groups in total. The summed E-state index contributed by atoms with van der Waals surface area (Å²) in [4.78, 5) is 16.3. The fourth-order valence-corrected chi connectivity index (χ4v) is 1.77. The van der Waals surface area contributed by atoms with Crippen LogP contribution in [0.2, 0.25) is 5.02 Å². The van der Waals surface area contributed by atoms with Gasteiger partial charge in [0.25, 0.3) is 0 Å². The summed E-state index contributed by atoms with van der Waals surface area (Å²) in [5.74, 6) is 0.494. The zero-order valence-electron chi connectivity index (χ0n) is 10.8. The molecule has 2 rings (SSSR count). The number of hydrogen-bond acceptors (Lipinski definition) is 3. The van der Waals surface area contributed by atoms with Crippen LogP contribution in [-0.4, -0.2) is 16.9 Å². The molecule has 0 aliphatic carbocycles. The van der Waals surface area contributed by atoms with E-state index in [-0.39, 0.29) is 11.9 Å². The predicted octanol–water partition coefficient (Wildman–Crippen LogP) is 3.75. The Balaban J connectivity index is 2.26. The average Bonchev–Trinajstić information content (AvgIpc) is 2.38. The van der Waals surface area contributed by atoms with Crippen LogP contribution in [0.1, 0.15) is 29.8 Å². The van der Waals surface area contributed by atoms with E-state index >= 15 is 0 Å². The summed E-state index contributed by atoms with van der Waals surface area (Å²) < 4.78 is 5.52. The van der Waals surface area contributed by atoms with Crippen molar-refractivity contribution in [1.82, 2.24) is 4.98 Å². The predicted molar refractivity (Wildman–Crippen MR) is 74.9 cm³/mol. The first kappa shape index (κ1) is 13.6. The number of hydrogen-bond donors (Lipinski definition) is 0. The second kappa shape index (κ2) is 5.85. The molecule has 0 spiro atoms. The van der Waals surface area contributed by atoms with Crippen LogP contribution < -0.4 is 4.74 Å². The van der Waals surface area contributed by atoms with E-state index in [0.29, 0.717) is 21.9 Å². The molecule has 2 aromatic rings. The highest BCUT2D eigenvalue weighted by molar-refractivity contribution is 6.30. The van der Waals surface area contributed by atoms with Gasteiger partial charge < -0.3 is 4.74 Å². The van der Waals surface area contributed by atoms with Gasteiger partial charge in [0.15, 0.2) is 5.78 Å². The third-order valence-corrected chi connectivity index (χ3v) is 2.71. The van der Waals surface area contributed by atoms with Gasteiger partial charge in [0.1, 0.15) is 5.75 Å². The maximum Gasteiger partial charge on any atom is 0.194 e. The van der Waals surface area contributed by atoms with Gasteiger partial charge in [-0.15, -0.1) is 0 Å². The molecule has 0 saturated heterocycles. The molecule has 1 aromatic heterocycles. The van der Waals surface area contributed by atoms with E-state index in [1.54, 1.807) is 36.5 Å². The van der Waals surface area contributed by atoms with Crippen LogP contribution >= 0.6 is 11.6 Å². The van der Waals surface area contributed by atoms with Crippen molar-refractivity contribution in [2.24, 2.45) is 0 Å². The van der Waals surface area contributed by atoms with Crippen molar-refractivity contribution in [1.29, 1.82) is 0 Å². The lowest BCUT2D eigenvalue weighted by molar-refractivity contribution is 0.103. The maximum absolute atomic E-state index is 12.3. The minimum absolute atomic E-state index is 0.0442. The summed E-state index contributed by atoms with van der Waals surface area (Å²) in [6.07, 6.45) is 3.17. The highest BCUT2D eigenvalue weighted by Crippen LogP contribution is 2.17. The van der Waals surface area contributed by atoms with Crippen LogP contribution in [0.15, 0.2) is 42.7 Å². The molecule has 19 heavy (non-hydrogen) atoms. The van der Waals surface area contributed by atoms with Crippen molar-refractivity contribution in [3.8, 4) is 5.75 Å². The quantitative estimate of drug-likeness (QED) is 0.798. The van der Waals surface area contributed by atoms with Crippen LogP contribution in [0.4, 0.5) is 0 Å². The number of pyridine rings is 1. The Labute approximate surface area is 117 Å². The van der Waals surface area contributed by atoms with Gasteiger partial charge in [-0.2, -0.15) is 0 Å². The van der Waals surface area contributed by atoms with Crippen molar-refractivity contribution in [2.75, 3.05) is 0 Å². The molecular weight excluding hydrogens is 262 g/mol. The Morgan fingerprint density at radius 3 is 2.47 bits per heavy atom. The molecule has 0 bridgehead atoms. The van der Waals surface area contributed by atoms with Crippen LogP contribution in [0.5, 0.6) is 5.75 Å². The molecule has 0 radical (unpaired) electrons. The molecule has 1 aromatic carbocycles. The Morgan fingerprint density at radius 1 is 1.16 bits per heavy atom. The molecule has 0 aliphatic rings. The molecule has 0 unspecified atom stereocenters. The molecule has 3 nitrogen and oxygen atoms in total. The number of carbonyl (C=O) groups excluding carboxylic acids is 1. The highest BCUT2D eigenvalue weighted by Gasteiger charge is 2.11. The lowest BCUT2D eigenvalue weighted by Gasteiger charge is -2.10. The van der Waals surface area contributed by atoms with Crippen molar-refractivity contribution in [3.63, 3.8) is 0 Å². The number of halogens is 1. The average molecular weight is 276 g/mol. The highest BCUT2D eigenvalue weighted by atomic mass is 35.5. The van der Waals surface area contributed by atoms with Gasteiger partial charge >= 0.3 is 0 Å². The molecule has 98 valence electrons. The topological polar surface area (TPSA) is 39.2 Å². The molecule has 0 saturated carbocycles. The Bertz CT molecular complexity index is 579. The third kappa shape index (κ3) is 3.55. The van der Waals surface area contributed by atoms with E-state index in [0.717, 1.165) is 0 Å². The van der Waals surface area contributed by atoms with Crippen LogP contribution in [0, 0.1) is 0 Å². The molecule has 4 heteroatoms. The molecular formula is C15H14ClNO2. The zero-order chi connectivity index (χ0) is 13.8. The minimum atomic E-state index is -0.0987. The Hall–Kier alpha value is -1.87. The van der Waals surface area contributed by atoms with Crippen LogP contribution in [-0.2, 0) is 0 Å². The van der Waals surface area contributed by atoms with Gasteiger partial charge in [0, 0.05) is 22.3 Å². The second-order valence-corrected chi connectivity index (χ2v) is 4.85. The van der Waals surface area contributed by atoms with E-state index in [2.05, 4.69) is 4.98 Å². The molecule has 0 fully saturated rings. The minimum Gasteiger partial charge on any atom is -0.489 e. The summed E-state index contributed by atoms with van der Waals surface area (Å²) in [5.41, 5.74) is 1.08. The van der Waals surface area contributed by atoms with Gasteiger partial charge in [0.05, 0.1) is 12.3 Å². The number of nitrogens with zero attached hydrogens (tertiary/aromatic N) is 1. The smallest absolute Gasteiger partial charge is 0.194 e. The maximum atomic E-state index is 12.3. The van der Waals surface area contributed by atoms with Gasteiger partial charge in [-0.1, -0.05) is 11.6 Å². The number of rotatable bonds is 4. The number of aromatic nitrogens is 1. The third-order valence-electron chi connectivity index (χ3n) is 2.45. The molecule has 0 aliphatic heterocycles. The van der Waals surface area contributed by atoms with E-state index < -0.39 is 0 Å². The van der Waals surface area contributed by atoms with Crippen LogP contribution in [0.3, 0.4) is 0 Å². The standard InChI is InChI=1S/C15H14ClNO2/c1-10(2)19-14-7-12(8-17-9-14)15(18)11-3-5-13(16)6-4-11/h3-10H,1-2H3.